The smallest absolute Gasteiger partial charge is 0.310 e. The van der Waals surface area contributed by atoms with Gasteiger partial charge in [-0.05, 0) is 30.3 Å². The Hall–Kier alpha value is -1.90. The van der Waals surface area contributed by atoms with Gasteiger partial charge in [0, 0.05) is 12.0 Å². The third kappa shape index (κ3) is 3.06. The summed E-state index contributed by atoms with van der Waals surface area (Å²) >= 11 is 0. The normalized spacial score (nSPS) is 9.40. The standard InChI is InChI=1S/C12H12O3/c1-3-11(13)9-5-7-10(8-6-9)15-12(14)4-2/h3,5-8H,1,4H2,2H3. The molecule has 0 aliphatic carbocycles. The summed E-state index contributed by atoms with van der Waals surface area (Å²) < 4.78 is 4.96. The number of allylic oxidation sites excluding steroid dienone is 1. The fourth-order valence-electron chi connectivity index (χ4n) is 1.01. The molecule has 0 amide bonds. The Morgan fingerprint density at radius 2 is 1.93 bits per heavy atom. The molecule has 0 saturated heterocycles. The number of carbonyl (C=O) groups excluding carboxylic acids is 2. The summed E-state index contributed by atoms with van der Waals surface area (Å²) in [7, 11) is 0. The van der Waals surface area contributed by atoms with Gasteiger partial charge in [0.05, 0.1) is 0 Å². The molecule has 1 aromatic rings. The molecule has 0 heterocycles. The Morgan fingerprint density at radius 3 is 2.40 bits per heavy atom. The van der Waals surface area contributed by atoms with Crippen molar-refractivity contribution in [3.8, 4) is 5.75 Å². The summed E-state index contributed by atoms with van der Waals surface area (Å²) in [4.78, 5) is 22.1. The molecule has 0 bridgehead atoms. The van der Waals surface area contributed by atoms with Crippen LogP contribution in [0.3, 0.4) is 0 Å². The van der Waals surface area contributed by atoms with Crippen molar-refractivity contribution in [2.24, 2.45) is 0 Å². The molecule has 0 unspecified atom stereocenters. The van der Waals surface area contributed by atoms with Gasteiger partial charge < -0.3 is 4.74 Å². The minimum Gasteiger partial charge on any atom is -0.427 e. The minimum atomic E-state index is -0.294. The van der Waals surface area contributed by atoms with E-state index in [2.05, 4.69) is 6.58 Å². The van der Waals surface area contributed by atoms with E-state index in [1.165, 1.54) is 6.08 Å². The molecule has 15 heavy (non-hydrogen) atoms. The van der Waals surface area contributed by atoms with Crippen molar-refractivity contribution in [1.29, 1.82) is 0 Å². The monoisotopic (exact) mass is 204 g/mol. The van der Waals surface area contributed by atoms with Crippen molar-refractivity contribution in [2.45, 2.75) is 13.3 Å². The van der Waals surface area contributed by atoms with Crippen LogP contribution in [0.1, 0.15) is 23.7 Å². The fraction of sp³-hybridized carbons (Fsp3) is 0.167. The van der Waals surface area contributed by atoms with Gasteiger partial charge in [-0.15, -0.1) is 0 Å². The molecule has 3 heteroatoms. The predicted molar refractivity (Wildman–Crippen MR) is 56.9 cm³/mol. The summed E-state index contributed by atoms with van der Waals surface area (Å²) in [6.07, 6.45) is 1.57. The second-order valence-corrected chi connectivity index (χ2v) is 2.92. The first-order chi connectivity index (χ1) is 7.17. The van der Waals surface area contributed by atoms with Gasteiger partial charge in [0.25, 0.3) is 0 Å². The first-order valence-electron chi connectivity index (χ1n) is 4.65. The van der Waals surface area contributed by atoms with Crippen molar-refractivity contribution in [2.75, 3.05) is 0 Å². The van der Waals surface area contributed by atoms with Gasteiger partial charge in [-0.2, -0.15) is 0 Å². The average molecular weight is 204 g/mol. The van der Waals surface area contributed by atoms with Crippen molar-refractivity contribution in [1.82, 2.24) is 0 Å². The molecular weight excluding hydrogens is 192 g/mol. The first-order valence-corrected chi connectivity index (χ1v) is 4.65. The van der Waals surface area contributed by atoms with Crippen molar-refractivity contribution >= 4 is 11.8 Å². The molecule has 3 nitrogen and oxygen atoms in total. The van der Waals surface area contributed by atoms with Crippen molar-refractivity contribution in [3.63, 3.8) is 0 Å². The third-order valence-corrected chi connectivity index (χ3v) is 1.84. The molecule has 0 aliphatic heterocycles. The molecule has 0 aromatic heterocycles. The Balaban J connectivity index is 2.76. The van der Waals surface area contributed by atoms with Gasteiger partial charge in [0.2, 0.25) is 0 Å². The summed E-state index contributed by atoms with van der Waals surface area (Å²) in [6.45, 7) is 5.11. The van der Waals surface area contributed by atoms with E-state index >= 15 is 0 Å². The summed E-state index contributed by atoms with van der Waals surface area (Å²) in [5, 5.41) is 0. The van der Waals surface area contributed by atoms with Crippen LogP contribution in [-0.2, 0) is 4.79 Å². The van der Waals surface area contributed by atoms with E-state index in [1.54, 1.807) is 31.2 Å². The highest BCUT2D eigenvalue weighted by molar-refractivity contribution is 6.04. The predicted octanol–water partition coefficient (Wildman–Crippen LogP) is 2.37. The van der Waals surface area contributed by atoms with E-state index in [9.17, 15) is 9.59 Å². The third-order valence-electron chi connectivity index (χ3n) is 1.84. The Kier molecular flexibility index (Phi) is 3.80. The van der Waals surface area contributed by atoms with E-state index in [-0.39, 0.29) is 11.8 Å². The first kappa shape index (κ1) is 11.2. The number of hydrogen-bond donors (Lipinski definition) is 0. The molecule has 0 atom stereocenters. The highest BCUT2D eigenvalue weighted by Gasteiger charge is 2.03. The van der Waals surface area contributed by atoms with Gasteiger partial charge >= 0.3 is 5.97 Å². The molecule has 0 fully saturated rings. The van der Waals surface area contributed by atoms with Gasteiger partial charge in [0.1, 0.15) is 5.75 Å². The molecule has 0 spiro atoms. The maximum Gasteiger partial charge on any atom is 0.310 e. The van der Waals surface area contributed by atoms with Crippen LogP contribution in [-0.4, -0.2) is 11.8 Å². The zero-order chi connectivity index (χ0) is 11.3. The van der Waals surface area contributed by atoms with Crippen LogP contribution in [0.2, 0.25) is 0 Å². The topological polar surface area (TPSA) is 43.4 Å². The molecule has 78 valence electrons. The maximum absolute atomic E-state index is 11.2. The number of benzene rings is 1. The zero-order valence-corrected chi connectivity index (χ0v) is 8.53. The number of esters is 1. The summed E-state index contributed by atoms with van der Waals surface area (Å²) in [6, 6.07) is 6.37. The molecule has 0 saturated carbocycles. The van der Waals surface area contributed by atoms with Gasteiger partial charge in [-0.1, -0.05) is 13.5 Å². The molecule has 0 radical (unpaired) electrons. The van der Waals surface area contributed by atoms with Gasteiger partial charge in [-0.3, -0.25) is 9.59 Å². The van der Waals surface area contributed by atoms with E-state index in [1.807, 2.05) is 0 Å². The van der Waals surface area contributed by atoms with Crippen molar-refractivity contribution in [3.05, 3.63) is 42.5 Å². The van der Waals surface area contributed by atoms with Gasteiger partial charge in [0.15, 0.2) is 5.78 Å². The quantitative estimate of drug-likeness (QED) is 0.327. The Bertz CT molecular complexity index is 376. The number of hydrogen-bond acceptors (Lipinski definition) is 3. The lowest BCUT2D eigenvalue weighted by Gasteiger charge is -2.02. The van der Waals surface area contributed by atoms with E-state index in [0.717, 1.165) is 0 Å². The minimum absolute atomic E-state index is 0.150. The van der Waals surface area contributed by atoms with Crippen LogP contribution in [0, 0.1) is 0 Å². The SMILES string of the molecule is C=CC(=O)c1ccc(OC(=O)CC)cc1. The van der Waals surface area contributed by atoms with Crippen LogP contribution >= 0.6 is 0 Å². The van der Waals surface area contributed by atoms with E-state index in [0.29, 0.717) is 17.7 Å². The lowest BCUT2D eigenvalue weighted by molar-refractivity contribution is -0.134. The average Bonchev–Trinajstić information content (AvgIpc) is 2.29. The Labute approximate surface area is 88.4 Å². The highest BCUT2D eigenvalue weighted by atomic mass is 16.5. The maximum atomic E-state index is 11.2. The van der Waals surface area contributed by atoms with Crippen molar-refractivity contribution < 1.29 is 14.3 Å². The lowest BCUT2D eigenvalue weighted by Crippen LogP contribution is -2.05. The summed E-state index contributed by atoms with van der Waals surface area (Å²) in [5.41, 5.74) is 0.529. The largest absolute Gasteiger partial charge is 0.427 e. The highest BCUT2D eigenvalue weighted by Crippen LogP contribution is 2.13. The lowest BCUT2D eigenvalue weighted by atomic mass is 10.1. The van der Waals surface area contributed by atoms with E-state index in [4.69, 9.17) is 4.74 Å². The number of ketones is 1. The zero-order valence-electron chi connectivity index (χ0n) is 8.53. The van der Waals surface area contributed by atoms with Crippen LogP contribution in [0.5, 0.6) is 5.75 Å². The molecule has 1 rings (SSSR count). The molecule has 1 aromatic carbocycles. The van der Waals surface area contributed by atoms with Crippen LogP contribution in [0.15, 0.2) is 36.9 Å². The van der Waals surface area contributed by atoms with Crippen LogP contribution in [0.25, 0.3) is 0 Å². The Morgan fingerprint density at radius 1 is 1.33 bits per heavy atom. The van der Waals surface area contributed by atoms with E-state index < -0.39 is 0 Å². The molecule has 0 aliphatic rings. The summed E-state index contributed by atoms with van der Waals surface area (Å²) in [5.74, 6) is 0.00336. The molecule has 0 N–H and O–H groups in total. The van der Waals surface area contributed by atoms with Gasteiger partial charge in [-0.25, -0.2) is 0 Å². The number of ether oxygens (including phenoxy) is 1. The van der Waals surface area contributed by atoms with Crippen LogP contribution < -0.4 is 4.74 Å². The fourth-order valence-corrected chi connectivity index (χ4v) is 1.01. The number of rotatable bonds is 4. The van der Waals surface area contributed by atoms with Crippen LogP contribution in [0.4, 0.5) is 0 Å². The number of carbonyl (C=O) groups is 2. The second-order valence-electron chi connectivity index (χ2n) is 2.92. The second kappa shape index (κ2) is 5.10. The molecular formula is C12H12O3.